The highest BCUT2D eigenvalue weighted by Gasteiger charge is 2.45. The van der Waals surface area contributed by atoms with E-state index < -0.39 is 5.79 Å². The van der Waals surface area contributed by atoms with Gasteiger partial charge in [-0.3, -0.25) is 0 Å². The first-order valence-corrected chi connectivity index (χ1v) is 6.55. The van der Waals surface area contributed by atoms with Crippen LogP contribution >= 0.6 is 0 Å². The van der Waals surface area contributed by atoms with Gasteiger partial charge < -0.3 is 14.2 Å². The van der Waals surface area contributed by atoms with Crippen LogP contribution in [-0.2, 0) is 15.3 Å². The second-order valence-electron chi connectivity index (χ2n) is 4.76. The molecule has 0 amide bonds. The largest absolute Gasteiger partial charge is 0.456 e. The molecular formula is C16H14O3. The molecule has 0 N–H and O–H groups in total. The van der Waals surface area contributed by atoms with Crippen LogP contribution in [0, 0.1) is 0 Å². The van der Waals surface area contributed by atoms with Gasteiger partial charge in [-0.25, -0.2) is 0 Å². The molecule has 2 aliphatic rings. The summed E-state index contributed by atoms with van der Waals surface area (Å²) in [5.41, 5.74) is 1.90. The minimum absolute atomic E-state index is 0.697. The fourth-order valence-electron chi connectivity index (χ4n) is 2.76. The Kier molecular flexibility index (Phi) is 2.37. The Morgan fingerprint density at radius 2 is 1.26 bits per heavy atom. The van der Waals surface area contributed by atoms with Crippen molar-refractivity contribution in [2.24, 2.45) is 0 Å². The van der Waals surface area contributed by atoms with Crippen molar-refractivity contribution in [3.05, 3.63) is 59.7 Å². The average molecular weight is 254 g/mol. The van der Waals surface area contributed by atoms with Gasteiger partial charge in [0.15, 0.2) is 0 Å². The van der Waals surface area contributed by atoms with Crippen molar-refractivity contribution >= 4 is 0 Å². The fraction of sp³-hybridized carbons (Fsp3) is 0.250. The number of benzene rings is 2. The van der Waals surface area contributed by atoms with Gasteiger partial charge in [-0.2, -0.15) is 0 Å². The number of hydrogen-bond acceptors (Lipinski definition) is 3. The van der Waals surface area contributed by atoms with E-state index in [1.54, 1.807) is 0 Å². The van der Waals surface area contributed by atoms with Crippen molar-refractivity contribution in [2.45, 2.75) is 12.2 Å². The number of rotatable bonds is 0. The molecule has 0 bridgehead atoms. The van der Waals surface area contributed by atoms with Crippen molar-refractivity contribution in [3.8, 4) is 11.5 Å². The molecule has 2 aromatic carbocycles. The monoisotopic (exact) mass is 254 g/mol. The molecule has 0 aliphatic carbocycles. The van der Waals surface area contributed by atoms with E-state index in [4.69, 9.17) is 14.2 Å². The molecule has 96 valence electrons. The highest BCUT2D eigenvalue weighted by atomic mass is 16.7. The molecule has 3 heteroatoms. The van der Waals surface area contributed by atoms with E-state index in [9.17, 15) is 0 Å². The van der Waals surface area contributed by atoms with Gasteiger partial charge in [0, 0.05) is 0 Å². The fourth-order valence-corrected chi connectivity index (χ4v) is 2.76. The summed E-state index contributed by atoms with van der Waals surface area (Å²) < 4.78 is 18.1. The predicted molar refractivity (Wildman–Crippen MR) is 70.3 cm³/mol. The zero-order valence-corrected chi connectivity index (χ0v) is 10.5. The van der Waals surface area contributed by atoms with Crippen LogP contribution in [0.4, 0.5) is 0 Å². The number of fused-ring (bicyclic) bond motifs is 4. The Balaban J connectivity index is 1.98. The third-order valence-electron chi connectivity index (χ3n) is 3.60. The van der Waals surface area contributed by atoms with E-state index in [1.165, 1.54) is 0 Å². The zero-order chi connectivity index (χ0) is 12.7. The molecule has 2 aromatic rings. The smallest absolute Gasteiger partial charge is 0.229 e. The highest BCUT2D eigenvalue weighted by Crippen LogP contribution is 2.50. The Morgan fingerprint density at radius 3 is 1.84 bits per heavy atom. The Bertz CT molecular complexity index is 567. The molecule has 4 rings (SSSR count). The Morgan fingerprint density at radius 1 is 0.737 bits per heavy atom. The van der Waals surface area contributed by atoms with Gasteiger partial charge in [0.25, 0.3) is 0 Å². The van der Waals surface area contributed by atoms with Gasteiger partial charge in [-0.05, 0) is 30.7 Å². The van der Waals surface area contributed by atoms with Crippen LogP contribution in [0.3, 0.4) is 0 Å². The van der Waals surface area contributed by atoms with Gasteiger partial charge in [0.1, 0.15) is 11.5 Å². The van der Waals surface area contributed by atoms with Gasteiger partial charge in [-0.1, -0.05) is 24.3 Å². The van der Waals surface area contributed by atoms with Crippen LogP contribution in [0.1, 0.15) is 17.5 Å². The molecule has 2 aliphatic heterocycles. The van der Waals surface area contributed by atoms with Crippen LogP contribution in [0.2, 0.25) is 0 Å². The maximum Gasteiger partial charge on any atom is 0.229 e. The number of para-hydroxylation sites is 2. The summed E-state index contributed by atoms with van der Waals surface area (Å²) in [6, 6.07) is 15.8. The molecule has 1 spiro atoms. The highest BCUT2D eigenvalue weighted by molar-refractivity contribution is 5.54. The molecule has 3 nitrogen and oxygen atoms in total. The summed E-state index contributed by atoms with van der Waals surface area (Å²) in [5, 5.41) is 0. The van der Waals surface area contributed by atoms with Crippen LogP contribution in [0.15, 0.2) is 48.5 Å². The van der Waals surface area contributed by atoms with E-state index in [0.29, 0.717) is 13.2 Å². The number of hydrogen-bond donors (Lipinski definition) is 0. The van der Waals surface area contributed by atoms with E-state index in [-0.39, 0.29) is 0 Å². The SMILES string of the molecule is c1ccc2c(c1)Oc1ccccc1C21OCCCO1. The van der Waals surface area contributed by atoms with E-state index >= 15 is 0 Å². The van der Waals surface area contributed by atoms with E-state index in [1.807, 2.05) is 48.5 Å². The lowest BCUT2D eigenvalue weighted by Gasteiger charge is -2.41. The first-order chi connectivity index (χ1) is 9.40. The number of ether oxygens (including phenoxy) is 3. The van der Waals surface area contributed by atoms with Gasteiger partial charge in [-0.15, -0.1) is 0 Å². The predicted octanol–water partition coefficient (Wildman–Crippen LogP) is 3.43. The minimum Gasteiger partial charge on any atom is -0.456 e. The van der Waals surface area contributed by atoms with Gasteiger partial charge in [0.2, 0.25) is 5.79 Å². The molecule has 0 aromatic heterocycles. The second-order valence-corrected chi connectivity index (χ2v) is 4.76. The molecule has 1 saturated heterocycles. The first-order valence-electron chi connectivity index (χ1n) is 6.55. The van der Waals surface area contributed by atoms with Gasteiger partial charge in [0.05, 0.1) is 24.3 Å². The van der Waals surface area contributed by atoms with E-state index in [2.05, 4.69) is 0 Å². The van der Waals surface area contributed by atoms with Crippen molar-refractivity contribution in [1.82, 2.24) is 0 Å². The standard InChI is InChI=1S/C16H14O3/c1-3-8-14-12(6-1)16(17-10-5-11-18-16)13-7-2-4-9-15(13)19-14/h1-4,6-9H,5,10-11H2. The maximum absolute atomic E-state index is 6.06. The summed E-state index contributed by atoms with van der Waals surface area (Å²) in [6.45, 7) is 1.39. The van der Waals surface area contributed by atoms with Crippen molar-refractivity contribution in [2.75, 3.05) is 13.2 Å². The van der Waals surface area contributed by atoms with Crippen LogP contribution < -0.4 is 4.74 Å². The Hall–Kier alpha value is -1.84. The molecule has 19 heavy (non-hydrogen) atoms. The molecular weight excluding hydrogens is 240 g/mol. The summed E-state index contributed by atoms with van der Waals surface area (Å²) in [6.07, 6.45) is 0.924. The maximum atomic E-state index is 6.06. The van der Waals surface area contributed by atoms with Crippen LogP contribution in [-0.4, -0.2) is 13.2 Å². The van der Waals surface area contributed by atoms with E-state index in [0.717, 1.165) is 29.0 Å². The third kappa shape index (κ3) is 1.52. The Labute approximate surface area is 111 Å². The lowest BCUT2D eigenvalue weighted by Crippen LogP contribution is -2.41. The topological polar surface area (TPSA) is 27.7 Å². The summed E-state index contributed by atoms with van der Waals surface area (Å²) in [7, 11) is 0. The molecule has 0 unspecified atom stereocenters. The second kappa shape index (κ2) is 4.08. The van der Waals surface area contributed by atoms with Gasteiger partial charge >= 0.3 is 0 Å². The van der Waals surface area contributed by atoms with Crippen LogP contribution in [0.5, 0.6) is 11.5 Å². The molecule has 2 heterocycles. The first kappa shape index (κ1) is 11.0. The summed E-state index contributed by atoms with van der Waals surface area (Å²) in [5.74, 6) is 0.815. The molecule has 0 saturated carbocycles. The molecule has 0 atom stereocenters. The van der Waals surface area contributed by atoms with Crippen molar-refractivity contribution in [1.29, 1.82) is 0 Å². The zero-order valence-electron chi connectivity index (χ0n) is 10.5. The summed E-state index contributed by atoms with van der Waals surface area (Å²) >= 11 is 0. The van der Waals surface area contributed by atoms with Crippen molar-refractivity contribution < 1.29 is 14.2 Å². The normalized spacial score (nSPS) is 19.4. The average Bonchev–Trinajstić information content (AvgIpc) is 2.49. The third-order valence-corrected chi connectivity index (χ3v) is 3.60. The summed E-state index contributed by atoms with van der Waals surface area (Å²) in [4.78, 5) is 0. The lowest BCUT2D eigenvalue weighted by atomic mass is 9.92. The molecule has 0 radical (unpaired) electrons. The molecule has 1 fully saturated rings. The lowest BCUT2D eigenvalue weighted by molar-refractivity contribution is -0.252. The van der Waals surface area contributed by atoms with Crippen molar-refractivity contribution in [3.63, 3.8) is 0 Å². The quantitative estimate of drug-likeness (QED) is 0.721. The minimum atomic E-state index is -0.802. The van der Waals surface area contributed by atoms with Crippen LogP contribution in [0.25, 0.3) is 0 Å².